The van der Waals surface area contributed by atoms with Crippen LogP contribution in [0.4, 0.5) is 5.69 Å². The number of halogens is 2. The normalized spacial score (nSPS) is 25.9. The molecule has 3 nitrogen and oxygen atoms in total. The predicted octanol–water partition coefficient (Wildman–Crippen LogP) is 6.18. The number of carbonyl (C=O) groups is 2. The zero-order valence-corrected chi connectivity index (χ0v) is 17.7. The number of hydrogen-bond acceptors (Lipinski definition) is 3. The molecule has 1 aliphatic carbocycles. The Labute approximate surface area is 182 Å². The van der Waals surface area contributed by atoms with E-state index in [9.17, 15) is 9.59 Å². The second-order valence-electron chi connectivity index (χ2n) is 7.68. The summed E-state index contributed by atoms with van der Waals surface area (Å²) < 4.78 is 0. The number of carbonyl (C=O) groups excluding carboxylic acids is 2. The fraction of sp³-hybridized carbons (Fsp3) is 0.217. The van der Waals surface area contributed by atoms with E-state index in [1.807, 2.05) is 47.2 Å². The lowest BCUT2D eigenvalue weighted by molar-refractivity contribution is -0.128. The summed E-state index contributed by atoms with van der Waals surface area (Å²) in [7, 11) is 0. The van der Waals surface area contributed by atoms with Crippen LogP contribution in [0, 0.1) is 0 Å². The van der Waals surface area contributed by atoms with Gasteiger partial charge in [0, 0.05) is 40.4 Å². The van der Waals surface area contributed by atoms with E-state index < -0.39 is 5.41 Å². The van der Waals surface area contributed by atoms with Crippen LogP contribution in [0.1, 0.15) is 41.4 Å². The van der Waals surface area contributed by atoms with Gasteiger partial charge in [0.15, 0.2) is 0 Å². The van der Waals surface area contributed by atoms with Crippen LogP contribution in [-0.2, 0) is 15.0 Å². The Morgan fingerprint density at radius 3 is 2.41 bits per heavy atom. The average Bonchev–Trinajstić information content (AvgIpc) is 3.31. The van der Waals surface area contributed by atoms with Gasteiger partial charge in [0.25, 0.3) is 0 Å². The first-order chi connectivity index (χ1) is 14.0. The summed E-state index contributed by atoms with van der Waals surface area (Å²) in [5.41, 5.74) is 2.67. The number of thiophene rings is 1. The van der Waals surface area contributed by atoms with Crippen molar-refractivity contribution in [3.63, 3.8) is 0 Å². The van der Waals surface area contributed by atoms with Gasteiger partial charge in [-0.2, -0.15) is 11.3 Å². The second kappa shape index (κ2) is 6.98. The van der Waals surface area contributed by atoms with Crippen molar-refractivity contribution in [2.75, 3.05) is 5.32 Å². The van der Waals surface area contributed by atoms with Gasteiger partial charge in [-0.1, -0.05) is 41.4 Å². The number of Topliss-reactive ketones (excluding diaryl/α,β-unsaturated/α-hetero) is 1. The van der Waals surface area contributed by atoms with Crippen molar-refractivity contribution in [3.05, 3.63) is 86.0 Å². The molecule has 3 aromatic rings. The van der Waals surface area contributed by atoms with Gasteiger partial charge in [-0.05, 0) is 57.8 Å². The van der Waals surface area contributed by atoms with Gasteiger partial charge in [-0.15, -0.1) is 0 Å². The van der Waals surface area contributed by atoms with E-state index in [4.69, 9.17) is 23.2 Å². The minimum Gasteiger partial charge on any atom is -0.325 e. The van der Waals surface area contributed by atoms with Crippen LogP contribution < -0.4 is 5.32 Å². The van der Waals surface area contributed by atoms with Crippen LogP contribution in [0.3, 0.4) is 0 Å². The van der Waals surface area contributed by atoms with Gasteiger partial charge in [0.05, 0.1) is 5.41 Å². The lowest BCUT2D eigenvalue weighted by Crippen LogP contribution is -2.50. The zero-order chi connectivity index (χ0) is 20.2. The molecule has 2 heterocycles. The zero-order valence-electron chi connectivity index (χ0n) is 15.3. The summed E-state index contributed by atoms with van der Waals surface area (Å²) in [5.74, 6) is -0.480. The first kappa shape index (κ1) is 18.9. The first-order valence-electron chi connectivity index (χ1n) is 9.41. The van der Waals surface area contributed by atoms with Crippen molar-refractivity contribution in [2.45, 2.75) is 30.1 Å². The molecule has 1 fully saturated rings. The quantitative estimate of drug-likeness (QED) is 0.516. The standard InChI is InChI=1S/C23H17Cl2NO2S/c24-15-3-1-2-13(8-15)19-10-17(27)11-20(14-6-7-29-12-14)23(19)18-5-4-16(25)9-21(18)26-22(23)28/h1-9,12,19-20H,10-11H2,(H,26,28)/t19-,20+,23-/m0/s1. The van der Waals surface area contributed by atoms with Gasteiger partial charge < -0.3 is 5.32 Å². The lowest BCUT2D eigenvalue weighted by atomic mass is 9.54. The third-order valence-electron chi connectivity index (χ3n) is 6.21. The Hall–Kier alpha value is -2.14. The molecule has 1 N–H and O–H groups in total. The number of anilines is 1. The Morgan fingerprint density at radius 2 is 1.69 bits per heavy atom. The van der Waals surface area contributed by atoms with Crippen LogP contribution in [0.2, 0.25) is 10.0 Å². The van der Waals surface area contributed by atoms with Gasteiger partial charge in [-0.3, -0.25) is 9.59 Å². The Balaban J connectivity index is 1.81. The van der Waals surface area contributed by atoms with Crippen LogP contribution in [-0.4, -0.2) is 11.7 Å². The number of ketones is 1. The highest BCUT2D eigenvalue weighted by Gasteiger charge is 2.60. The van der Waals surface area contributed by atoms with E-state index >= 15 is 0 Å². The van der Waals surface area contributed by atoms with Crippen molar-refractivity contribution in [2.24, 2.45) is 0 Å². The van der Waals surface area contributed by atoms with Gasteiger partial charge in [-0.25, -0.2) is 0 Å². The van der Waals surface area contributed by atoms with Crippen LogP contribution in [0.25, 0.3) is 0 Å². The minimum absolute atomic E-state index is 0.0801. The Kier molecular flexibility index (Phi) is 4.54. The molecular formula is C23H17Cl2NO2S. The molecule has 0 bridgehead atoms. The minimum atomic E-state index is -0.889. The Bertz CT molecular complexity index is 1130. The summed E-state index contributed by atoms with van der Waals surface area (Å²) in [6.45, 7) is 0. The number of rotatable bonds is 2. The molecule has 1 aromatic heterocycles. The molecule has 3 atom stereocenters. The van der Waals surface area contributed by atoms with Gasteiger partial charge >= 0.3 is 0 Å². The molecule has 29 heavy (non-hydrogen) atoms. The Morgan fingerprint density at radius 1 is 0.931 bits per heavy atom. The van der Waals surface area contributed by atoms with Crippen LogP contribution >= 0.6 is 34.5 Å². The molecule has 0 radical (unpaired) electrons. The molecule has 0 saturated heterocycles. The fourth-order valence-corrected chi connectivity index (χ4v) is 6.17. The third kappa shape index (κ3) is 2.85. The summed E-state index contributed by atoms with van der Waals surface area (Å²) in [4.78, 5) is 26.6. The number of fused-ring (bicyclic) bond motifs is 2. The average molecular weight is 442 g/mol. The largest absolute Gasteiger partial charge is 0.325 e. The molecule has 1 amide bonds. The molecule has 0 unspecified atom stereocenters. The molecule has 5 rings (SSSR count). The monoisotopic (exact) mass is 441 g/mol. The van der Waals surface area contributed by atoms with Gasteiger partial charge in [0.1, 0.15) is 5.78 Å². The SMILES string of the molecule is O=C1C[C@H](c2ccsc2)[C@@]2(C(=O)Nc3cc(Cl)ccc32)[C@H](c2cccc(Cl)c2)C1. The molecular weight excluding hydrogens is 425 g/mol. The maximum atomic E-state index is 13.7. The summed E-state index contributed by atoms with van der Waals surface area (Å²) in [5, 5.41) is 8.25. The highest BCUT2D eigenvalue weighted by molar-refractivity contribution is 7.08. The summed E-state index contributed by atoms with van der Waals surface area (Å²) in [6, 6.07) is 15.1. The van der Waals surface area contributed by atoms with E-state index in [2.05, 4.69) is 5.32 Å². The highest BCUT2D eigenvalue weighted by Crippen LogP contribution is 2.60. The van der Waals surface area contributed by atoms with E-state index in [0.29, 0.717) is 22.9 Å². The molecule has 1 spiro atoms. The molecule has 146 valence electrons. The maximum Gasteiger partial charge on any atom is 0.236 e. The van der Waals surface area contributed by atoms with E-state index in [1.54, 1.807) is 23.5 Å². The lowest BCUT2D eigenvalue weighted by Gasteiger charge is -2.45. The fourth-order valence-electron chi connectivity index (χ4n) is 5.08. The van der Waals surface area contributed by atoms with Gasteiger partial charge in [0.2, 0.25) is 5.91 Å². The third-order valence-corrected chi connectivity index (χ3v) is 7.38. The van der Waals surface area contributed by atoms with Crippen molar-refractivity contribution in [1.82, 2.24) is 0 Å². The highest BCUT2D eigenvalue weighted by atomic mass is 35.5. The van der Waals surface area contributed by atoms with Crippen molar-refractivity contribution < 1.29 is 9.59 Å². The van der Waals surface area contributed by atoms with Crippen molar-refractivity contribution in [1.29, 1.82) is 0 Å². The van der Waals surface area contributed by atoms with Crippen LogP contribution in [0.5, 0.6) is 0 Å². The van der Waals surface area contributed by atoms with Crippen molar-refractivity contribution in [3.8, 4) is 0 Å². The smallest absolute Gasteiger partial charge is 0.236 e. The van der Waals surface area contributed by atoms with Crippen LogP contribution in [0.15, 0.2) is 59.3 Å². The summed E-state index contributed by atoms with van der Waals surface area (Å²) >= 11 is 14.1. The second-order valence-corrected chi connectivity index (χ2v) is 9.33. The number of hydrogen-bond donors (Lipinski definition) is 1. The van der Waals surface area contributed by atoms with Crippen molar-refractivity contribution >= 4 is 51.9 Å². The first-order valence-corrected chi connectivity index (χ1v) is 11.1. The number of benzene rings is 2. The van der Waals surface area contributed by atoms with E-state index in [0.717, 1.165) is 22.4 Å². The van der Waals surface area contributed by atoms with E-state index in [-0.39, 0.29) is 23.5 Å². The molecule has 2 aliphatic rings. The maximum absolute atomic E-state index is 13.7. The molecule has 1 aliphatic heterocycles. The topological polar surface area (TPSA) is 46.2 Å². The summed E-state index contributed by atoms with van der Waals surface area (Å²) in [6.07, 6.45) is 0.639. The predicted molar refractivity (Wildman–Crippen MR) is 117 cm³/mol. The number of amides is 1. The van der Waals surface area contributed by atoms with E-state index in [1.165, 1.54) is 0 Å². The molecule has 1 saturated carbocycles. The molecule has 6 heteroatoms. The number of nitrogens with one attached hydrogen (secondary N) is 1. The molecule has 2 aromatic carbocycles.